The lowest BCUT2D eigenvalue weighted by molar-refractivity contribution is -0.272. The predicted molar refractivity (Wildman–Crippen MR) is 102 cm³/mol. The highest BCUT2D eigenvalue weighted by atomic mass is 19.4. The molecule has 0 bridgehead atoms. The van der Waals surface area contributed by atoms with Crippen molar-refractivity contribution in [1.29, 1.82) is 0 Å². The zero-order valence-electron chi connectivity index (χ0n) is 17.1. The highest BCUT2D eigenvalue weighted by molar-refractivity contribution is 5.97. The van der Waals surface area contributed by atoms with Crippen LogP contribution in [0.3, 0.4) is 0 Å². The molecule has 2 N–H and O–H groups in total. The molecule has 172 valence electrons. The Morgan fingerprint density at radius 3 is 2.47 bits per heavy atom. The molecule has 0 spiro atoms. The topological polar surface area (TPSA) is 88.5 Å². The number of rotatable bonds is 4. The summed E-state index contributed by atoms with van der Waals surface area (Å²) in [4.78, 5) is 28.3. The summed E-state index contributed by atoms with van der Waals surface area (Å²) in [5.74, 6) is -8.59. The number of phenols is 1. The van der Waals surface area contributed by atoms with Gasteiger partial charge in [0.1, 0.15) is 11.8 Å². The van der Waals surface area contributed by atoms with Crippen LogP contribution in [0.25, 0.3) is 0 Å². The molecule has 4 atom stereocenters. The van der Waals surface area contributed by atoms with E-state index in [4.69, 9.17) is 4.74 Å². The Bertz CT molecular complexity index is 1070. The number of anilines is 1. The Kier molecular flexibility index (Phi) is 5.98. The van der Waals surface area contributed by atoms with Gasteiger partial charge in [0, 0.05) is 36.2 Å². The number of ether oxygens (including phenoxy) is 1. The quantitative estimate of drug-likeness (QED) is 0.526. The first-order valence-electron chi connectivity index (χ1n) is 9.47. The average Bonchev–Trinajstić information content (AvgIpc) is 2.99. The number of aromatic nitrogens is 1. The number of nitrogens with zero attached hydrogens (tertiary/aromatic N) is 1. The molecule has 2 heterocycles. The number of pyridine rings is 1. The van der Waals surface area contributed by atoms with Crippen molar-refractivity contribution in [3.8, 4) is 5.75 Å². The van der Waals surface area contributed by atoms with E-state index in [1.165, 1.54) is 25.3 Å². The highest BCUT2D eigenvalue weighted by Gasteiger charge is 2.65. The smallest absolute Gasteiger partial charge is 0.417 e. The van der Waals surface area contributed by atoms with Crippen molar-refractivity contribution in [1.82, 2.24) is 4.98 Å². The van der Waals surface area contributed by atoms with Crippen LogP contribution >= 0.6 is 0 Å². The number of amides is 1. The molecule has 0 radical (unpaired) electrons. The van der Waals surface area contributed by atoms with Crippen LogP contribution in [0.2, 0.25) is 0 Å². The van der Waals surface area contributed by atoms with E-state index in [2.05, 4.69) is 10.3 Å². The van der Waals surface area contributed by atoms with Gasteiger partial charge < -0.3 is 15.2 Å². The molecular formula is C21H19F5N2O4. The number of carbonyl (C=O) groups excluding carboxylic acids is 2. The lowest BCUT2D eigenvalue weighted by atomic mass is 9.77. The molecular weight excluding hydrogens is 439 g/mol. The Hall–Kier alpha value is -3.08. The molecule has 0 unspecified atom stereocenters. The second-order valence-corrected chi connectivity index (χ2v) is 7.73. The van der Waals surface area contributed by atoms with E-state index in [0.29, 0.717) is 6.07 Å². The number of ketones is 1. The maximum absolute atomic E-state index is 14.0. The van der Waals surface area contributed by atoms with Crippen LogP contribution in [0.15, 0.2) is 30.5 Å². The van der Waals surface area contributed by atoms with Gasteiger partial charge in [0.05, 0.1) is 0 Å². The van der Waals surface area contributed by atoms with Crippen LogP contribution in [0, 0.1) is 17.6 Å². The zero-order valence-corrected chi connectivity index (χ0v) is 17.1. The third-order valence-corrected chi connectivity index (χ3v) is 5.77. The summed E-state index contributed by atoms with van der Waals surface area (Å²) < 4.78 is 74.1. The van der Waals surface area contributed by atoms with Gasteiger partial charge in [-0.3, -0.25) is 14.6 Å². The van der Waals surface area contributed by atoms with Crippen molar-refractivity contribution in [2.24, 2.45) is 5.92 Å². The number of alkyl halides is 3. The predicted octanol–water partition coefficient (Wildman–Crippen LogP) is 4.35. The van der Waals surface area contributed by atoms with Crippen molar-refractivity contribution in [2.45, 2.75) is 44.6 Å². The summed E-state index contributed by atoms with van der Waals surface area (Å²) in [6.07, 6.45) is -5.50. The first kappa shape index (κ1) is 23.6. The van der Waals surface area contributed by atoms with Gasteiger partial charge in [-0.15, -0.1) is 0 Å². The molecule has 3 rings (SSSR count). The molecule has 2 aromatic rings. The summed E-state index contributed by atoms with van der Waals surface area (Å²) in [6, 6.07) is 4.11. The summed E-state index contributed by atoms with van der Waals surface area (Å²) in [5, 5.41) is 12.4. The number of halogens is 5. The number of hydrogen-bond donors (Lipinski definition) is 2. The standard InChI is InChI=1S/C21H19F5N2O4/c1-9-15(12-4-5-13(22)16(23)17(12)30)18(32-20(9,3)21(24,25)26)19(31)28-11-6-7-27-14(8-11)10(2)29/h4-9,15,18,30H,1-3H3,(H,27,28,31)/t9-,15-,18-,20+/m0/s1. The van der Waals surface area contributed by atoms with E-state index in [0.717, 1.165) is 19.9 Å². The number of hydrogen-bond acceptors (Lipinski definition) is 5. The Morgan fingerprint density at radius 1 is 1.22 bits per heavy atom. The minimum atomic E-state index is -4.91. The molecule has 1 fully saturated rings. The summed E-state index contributed by atoms with van der Waals surface area (Å²) in [6.45, 7) is 3.13. The fourth-order valence-corrected chi connectivity index (χ4v) is 3.76. The number of carbonyl (C=O) groups is 2. The minimum Gasteiger partial charge on any atom is -0.505 e. The van der Waals surface area contributed by atoms with Gasteiger partial charge in [-0.05, 0) is 25.1 Å². The summed E-state index contributed by atoms with van der Waals surface area (Å²) in [7, 11) is 0. The Morgan fingerprint density at radius 2 is 1.88 bits per heavy atom. The largest absolute Gasteiger partial charge is 0.505 e. The van der Waals surface area contributed by atoms with Crippen LogP contribution < -0.4 is 5.32 Å². The number of nitrogens with one attached hydrogen (secondary N) is 1. The molecule has 1 aromatic carbocycles. The Labute approximate surface area is 179 Å². The van der Waals surface area contributed by atoms with Crippen molar-refractivity contribution in [2.75, 3.05) is 5.32 Å². The average molecular weight is 458 g/mol. The molecule has 1 aromatic heterocycles. The molecule has 1 aliphatic rings. The van der Waals surface area contributed by atoms with E-state index in [1.807, 2.05) is 0 Å². The molecule has 1 saturated heterocycles. The number of benzene rings is 1. The van der Waals surface area contributed by atoms with Gasteiger partial charge in [0.25, 0.3) is 5.91 Å². The molecule has 32 heavy (non-hydrogen) atoms. The van der Waals surface area contributed by atoms with Crippen molar-refractivity contribution < 1.29 is 41.4 Å². The summed E-state index contributed by atoms with van der Waals surface area (Å²) >= 11 is 0. The van der Waals surface area contributed by atoms with Gasteiger partial charge >= 0.3 is 6.18 Å². The van der Waals surface area contributed by atoms with Crippen LogP contribution in [-0.4, -0.2) is 39.7 Å². The van der Waals surface area contributed by atoms with Crippen molar-refractivity contribution >= 4 is 17.4 Å². The highest BCUT2D eigenvalue weighted by Crippen LogP contribution is 2.54. The Balaban J connectivity index is 2.05. The van der Waals surface area contributed by atoms with Crippen molar-refractivity contribution in [3.63, 3.8) is 0 Å². The number of aromatic hydroxyl groups is 1. The molecule has 0 aliphatic carbocycles. The maximum atomic E-state index is 14.0. The van der Waals surface area contributed by atoms with E-state index >= 15 is 0 Å². The first-order chi connectivity index (χ1) is 14.8. The zero-order chi connectivity index (χ0) is 24.0. The van der Waals surface area contributed by atoms with Gasteiger partial charge in [-0.2, -0.15) is 17.6 Å². The van der Waals surface area contributed by atoms with Crippen LogP contribution in [0.5, 0.6) is 5.75 Å². The molecule has 1 aliphatic heterocycles. The van der Waals surface area contributed by atoms with E-state index in [9.17, 15) is 36.6 Å². The van der Waals surface area contributed by atoms with Gasteiger partial charge in [0.15, 0.2) is 23.0 Å². The van der Waals surface area contributed by atoms with Gasteiger partial charge in [0.2, 0.25) is 5.82 Å². The SMILES string of the molecule is CC(=O)c1cc(NC(=O)[C@H]2O[C@@](C)(C(F)(F)F)[C@@H](C)[C@H]2c2ccc(F)c(F)c2O)ccn1. The fraction of sp³-hybridized carbons (Fsp3) is 0.381. The van der Waals surface area contributed by atoms with Crippen molar-refractivity contribution in [3.05, 3.63) is 53.4 Å². The lowest BCUT2D eigenvalue weighted by Gasteiger charge is -2.31. The number of phenolic OH excluding ortho intramolecular Hbond substituents is 1. The molecule has 1 amide bonds. The lowest BCUT2D eigenvalue weighted by Crippen LogP contribution is -2.47. The van der Waals surface area contributed by atoms with E-state index < -0.39 is 64.4 Å². The van der Waals surface area contributed by atoms with Gasteiger partial charge in [-0.25, -0.2) is 4.39 Å². The second-order valence-electron chi connectivity index (χ2n) is 7.73. The molecule has 0 saturated carbocycles. The van der Waals surface area contributed by atoms with Crippen LogP contribution in [-0.2, 0) is 9.53 Å². The fourth-order valence-electron chi connectivity index (χ4n) is 3.76. The molecule has 6 nitrogen and oxygen atoms in total. The number of Topliss-reactive ketones (excluding diaryl/α,β-unsaturated/α-hetero) is 1. The van der Waals surface area contributed by atoms with Gasteiger partial charge in [-0.1, -0.05) is 13.0 Å². The van der Waals surface area contributed by atoms with Crippen LogP contribution in [0.1, 0.15) is 42.7 Å². The normalized spacial score (nSPS) is 25.6. The minimum absolute atomic E-state index is 0.0124. The second kappa shape index (κ2) is 8.12. The third kappa shape index (κ3) is 3.92. The van der Waals surface area contributed by atoms with Crippen LogP contribution in [0.4, 0.5) is 27.6 Å². The monoisotopic (exact) mass is 458 g/mol. The van der Waals surface area contributed by atoms with E-state index in [-0.39, 0.29) is 11.4 Å². The molecule has 11 heteroatoms. The third-order valence-electron chi connectivity index (χ3n) is 5.77. The maximum Gasteiger partial charge on any atom is 0.417 e. The van der Waals surface area contributed by atoms with E-state index in [1.54, 1.807) is 0 Å². The first-order valence-corrected chi connectivity index (χ1v) is 9.47. The summed E-state index contributed by atoms with van der Waals surface area (Å²) in [5.41, 5.74) is -3.14.